The minimum atomic E-state index is -2.89. The Morgan fingerprint density at radius 3 is 2.62 bits per heavy atom. The molecule has 1 aromatic heterocycles. The van der Waals surface area contributed by atoms with E-state index in [4.69, 9.17) is 11.6 Å². The van der Waals surface area contributed by atoms with E-state index in [2.05, 4.69) is 9.72 Å². The van der Waals surface area contributed by atoms with Crippen LogP contribution in [-0.4, -0.2) is 12.1 Å². The molecule has 1 aromatic rings. The summed E-state index contributed by atoms with van der Waals surface area (Å²) in [6.07, 6.45) is -2.89. The predicted octanol–water partition coefficient (Wildman–Crippen LogP) is 1.97. The topological polar surface area (TPSA) is 42.1 Å². The molecule has 72 valence electrons. The van der Waals surface area contributed by atoms with Crippen LogP contribution in [0.15, 0.2) is 10.9 Å². The molecule has 0 spiro atoms. The van der Waals surface area contributed by atoms with Gasteiger partial charge in [0.2, 0.25) is 0 Å². The van der Waals surface area contributed by atoms with Crippen molar-refractivity contribution >= 4 is 11.6 Å². The quantitative estimate of drug-likeness (QED) is 0.757. The number of H-pyrrole nitrogens is 1. The van der Waals surface area contributed by atoms with Gasteiger partial charge in [-0.05, 0) is 0 Å². The molecule has 0 aromatic carbocycles. The van der Waals surface area contributed by atoms with Crippen LogP contribution >= 0.6 is 11.6 Å². The first kappa shape index (κ1) is 9.98. The van der Waals surface area contributed by atoms with Crippen LogP contribution in [0.1, 0.15) is 12.0 Å². The highest BCUT2D eigenvalue weighted by molar-refractivity contribution is 6.30. The van der Waals surface area contributed by atoms with Crippen molar-refractivity contribution < 1.29 is 13.5 Å². The standard InChI is InChI=1S/C7H6ClF2NO2/c1-13-4-2-3(12)5(7(9)10)6(8)11-4/h2,7H,1H3,(H,11,12). The second-order valence-electron chi connectivity index (χ2n) is 2.23. The average molecular weight is 210 g/mol. The molecular weight excluding hydrogens is 204 g/mol. The van der Waals surface area contributed by atoms with E-state index in [1.807, 2.05) is 0 Å². The Labute approximate surface area is 77.3 Å². The molecule has 6 heteroatoms. The van der Waals surface area contributed by atoms with Crippen LogP contribution in [0, 0.1) is 0 Å². The van der Waals surface area contributed by atoms with Crippen LogP contribution in [0.3, 0.4) is 0 Å². The van der Waals surface area contributed by atoms with Gasteiger partial charge in [-0.2, -0.15) is 0 Å². The Kier molecular flexibility index (Phi) is 2.87. The minimum absolute atomic E-state index is 0.0550. The summed E-state index contributed by atoms with van der Waals surface area (Å²) in [7, 11) is 1.30. The summed E-state index contributed by atoms with van der Waals surface area (Å²) in [6.45, 7) is 0. The molecular formula is C7H6ClF2NO2. The van der Waals surface area contributed by atoms with Crippen molar-refractivity contribution in [1.82, 2.24) is 4.98 Å². The van der Waals surface area contributed by atoms with Gasteiger partial charge in [0.25, 0.3) is 6.43 Å². The Bertz CT molecular complexity index is 364. The van der Waals surface area contributed by atoms with E-state index in [0.717, 1.165) is 6.07 Å². The predicted molar refractivity (Wildman–Crippen MR) is 43.6 cm³/mol. The zero-order valence-electron chi connectivity index (χ0n) is 6.61. The fourth-order valence-electron chi connectivity index (χ4n) is 0.830. The minimum Gasteiger partial charge on any atom is -0.482 e. The third-order valence-electron chi connectivity index (χ3n) is 1.44. The maximum atomic E-state index is 12.2. The fraction of sp³-hybridized carbons (Fsp3) is 0.286. The summed E-state index contributed by atoms with van der Waals surface area (Å²) in [5.41, 5.74) is -1.57. The normalized spacial score (nSPS) is 10.5. The summed E-state index contributed by atoms with van der Waals surface area (Å²) in [5.74, 6) is 0.0550. The lowest BCUT2D eigenvalue weighted by molar-refractivity contribution is 0.149. The molecule has 0 aliphatic heterocycles. The number of pyridine rings is 1. The molecule has 0 fully saturated rings. The number of alkyl halides is 2. The van der Waals surface area contributed by atoms with E-state index in [-0.39, 0.29) is 11.0 Å². The van der Waals surface area contributed by atoms with Crippen molar-refractivity contribution in [3.63, 3.8) is 0 Å². The fourth-order valence-corrected chi connectivity index (χ4v) is 1.10. The van der Waals surface area contributed by atoms with E-state index in [1.54, 1.807) is 0 Å². The van der Waals surface area contributed by atoms with Gasteiger partial charge in [0, 0.05) is 6.07 Å². The number of ether oxygens (including phenoxy) is 1. The highest BCUT2D eigenvalue weighted by Gasteiger charge is 2.17. The maximum absolute atomic E-state index is 12.2. The van der Waals surface area contributed by atoms with E-state index in [1.165, 1.54) is 7.11 Å². The lowest BCUT2D eigenvalue weighted by Crippen LogP contribution is -2.10. The number of hydrogen-bond acceptors (Lipinski definition) is 2. The van der Waals surface area contributed by atoms with E-state index in [0.29, 0.717) is 0 Å². The molecule has 0 aliphatic carbocycles. The summed E-state index contributed by atoms with van der Waals surface area (Å²) in [4.78, 5) is 13.3. The van der Waals surface area contributed by atoms with Crippen molar-refractivity contribution in [1.29, 1.82) is 0 Å². The van der Waals surface area contributed by atoms with Crippen LogP contribution in [0.5, 0.6) is 5.88 Å². The average Bonchev–Trinajstić information content (AvgIpc) is 2.02. The number of rotatable bonds is 2. The van der Waals surface area contributed by atoms with Crippen LogP contribution in [-0.2, 0) is 0 Å². The lowest BCUT2D eigenvalue weighted by atomic mass is 10.3. The van der Waals surface area contributed by atoms with Gasteiger partial charge in [-0.1, -0.05) is 11.6 Å². The zero-order chi connectivity index (χ0) is 10.0. The smallest absolute Gasteiger partial charge is 0.270 e. The van der Waals surface area contributed by atoms with Gasteiger partial charge in [-0.15, -0.1) is 0 Å². The zero-order valence-corrected chi connectivity index (χ0v) is 7.36. The SMILES string of the molecule is COc1cc(=O)c(C(F)F)c(Cl)[nH]1. The van der Waals surface area contributed by atoms with E-state index < -0.39 is 17.4 Å². The number of aromatic nitrogens is 1. The van der Waals surface area contributed by atoms with Crippen LogP contribution in [0.2, 0.25) is 5.15 Å². The van der Waals surface area contributed by atoms with Crippen molar-refractivity contribution in [2.45, 2.75) is 6.43 Å². The molecule has 0 atom stereocenters. The van der Waals surface area contributed by atoms with Gasteiger partial charge in [-0.3, -0.25) is 4.79 Å². The molecule has 0 radical (unpaired) electrons. The van der Waals surface area contributed by atoms with Crippen molar-refractivity contribution in [2.75, 3.05) is 7.11 Å². The lowest BCUT2D eigenvalue weighted by Gasteiger charge is -2.04. The van der Waals surface area contributed by atoms with Gasteiger partial charge >= 0.3 is 0 Å². The number of methoxy groups -OCH3 is 1. The number of aromatic amines is 1. The van der Waals surface area contributed by atoms with Gasteiger partial charge in [0.1, 0.15) is 10.7 Å². The Morgan fingerprint density at radius 2 is 2.23 bits per heavy atom. The Balaban J connectivity index is 3.32. The third kappa shape index (κ3) is 1.98. The summed E-state index contributed by atoms with van der Waals surface area (Å²) in [5, 5.41) is -0.389. The molecule has 0 bridgehead atoms. The largest absolute Gasteiger partial charge is 0.482 e. The molecule has 0 aliphatic rings. The monoisotopic (exact) mass is 209 g/mol. The molecule has 1 heterocycles. The van der Waals surface area contributed by atoms with Gasteiger partial charge < -0.3 is 9.72 Å². The Hall–Kier alpha value is -1.10. The van der Waals surface area contributed by atoms with Gasteiger partial charge in [0.15, 0.2) is 11.3 Å². The highest BCUT2D eigenvalue weighted by atomic mass is 35.5. The number of hydrogen-bond donors (Lipinski definition) is 1. The third-order valence-corrected chi connectivity index (χ3v) is 1.73. The van der Waals surface area contributed by atoms with Gasteiger partial charge in [-0.25, -0.2) is 8.78 Å². The first-order valence-corrected chi connectivity index (χ1v) is 3.69. The van der Waals surface area contributed by atoms with Crippen molar-refractivity contribution in [3.8, 4) is 5.88 Å². The van der Waals surface area contributed by atoms with Crippen molar-refractivity contribution in [3.05, 3.63) is 27.0 Å². The highest BCUT2D eigenvalue weighted by Crippen LogP contribution is 2.23. The molecule has 3 nitrogen and oxygen atoms in total. The van der Waals surface area contributed by atoms with Gasteiger partial charge in [0.05, 0.1) is 7.11 Å². The second kappa shape index (κ2) is 3.74. The van der Waals surface area contributed by atoms with E-state index in [9.17, 15) is 13.6 Å². The molecule has 0 saturated carbocycles. The molecule has 0 saturated heterocycles. The second-order valence-corrected chi connectivity index (χ2v) is 2.61. The molecule has 0 unspecified atom stereocenters. The van der Waals surface area contributed by atoms with Crippen LogP contribution in [0.25, 0.3) is 0 Å². The molecule has 0 amide bonds. The van der Waals surface area contributed by atoms with Crippen LogP contribution < -0.4 is 10.2 Å². The summed E-state index contributed by atoms with van der Waals surface area (Å²) in [6, 6.07) is 0.924. The number of halogens is 3. The first-order chi connectivity index (χ1) is 6.06. The first-order valence-electron chi connectivity index (χ1n) is 3.31. The van der Waals surface area contributed by atoms with E-state index >= 15 is 0 Å². The summed E-state index contributed by atoms with van der Waals surface area (Å²) < 4.78 is 29.0. The van der Waals surface area contributed by atoms with Crippen molar-refractivity contribution in [2.24, 2.45) is 0 Å². The maximum Gasteiger partial charge on any atom is 0.270 e. The summed E-state index contributed by atoms with van der Waals surface area (Å²) >= 11 is 5.39. The van der Waals surface area contributed by atoms with Crippen LogP contribution in [0.4, 0.5) is 8.78 Å². The molecule has 1 N–H and O–H groups in total. The Morgan fingerprint density at radius 1 is 1.62 bits per heavy atom. The molecule has 1 rings (SSSR count). The molecule has 13 heavy (non-hydrogen) atoms. The number of nitrogens with one attached hydrogen (secondary N) is 1.